The summed E-state index contributed by atoms with van der Waals surface area (Å²) in [5.74, 6) is -1.82. The second kappa shape index (κ2) is 9.32. The molecule has 0 aliphatic carbocycles. The van der Waals surface area contributed by atoms with Crippen molar-refractivity contribution in [2.75, 3.05) is 29.0 Å². The number of sulfonamides is 1. The number of nitrogens with zero attached hydrogens (tertiary/aromatic N) is 1. The number of carbonyl (C=O) groups is 2. The van der Waals surface area contributed by atoms with Gasteiger partial charge < -0.3 is 10.6 Å². The number of anilines is 2. The summed E-state index contributed by atoms with van der Waals surface area (Å²) in [4.78, 5) is 24.7. The van der Waals surface area contributed by atoms with Gasteiger partial charge in [-0.2, -0.15) is 0 Å². The fraction of sp³-hybridized carbons (Fsp3) is 0.263. The number of para-hydroxylation sites is 2. The molecule has 0 spiro atoms. The van der Waals surface area contributed by atoms with Crippen LogP contribution < -0.4 is 14.9 Å². The fourth-order valence-electron chi connectivity index (χ4n) is 2.48. The Labute approximate surface area is 163 Å². The van der Waals surface area contributed by atoms with Gasteiger partial charge in [0.2, 0.25) is 15.9 Å². The van der Waals surface area contributed by atoms with Crippen molar-refractivity contribution in [3.63, 3.8) is 0 Å². The first kappa shape index (κ1) is 21.4. The molecule has 0 aromatic heterocycles. The molecule has 7 nitrogen and oxygen atoms in total. The summed E-state index contributed by atoms with van der Waals surface area (Å²) < 4.78 is 38.9. The first-order valence-electron chi connectivity index (χ1n) is 8.63. The highest BCUT2D eigenvalue weighted by atomic mass is 32.2. The van der Waals surface area contributed by atoms with E-state index in [1.807, 2.05) is 6.92 Å². The van der Waals surface area contributed by atoms with E-state index in [0.29, 0.717) is 10.8 Å². The van der Waals surface area contributed by atoms with Gasteiger partial charge in [-0.05, 0) is 30.7 Å². The van der Waals surface area contributed by atoms with Gasteiger partial charge in [0.15, 0.2) is 0 Å². The molecule has 0 saturated carbocycles. The third-order valence-electron chi connectivity index (χ3n) is 3.79. The van der Waals surface area contributed by atoms with Crippen LogP contribution in [0.2, 0.25) is 0 Å². The second-order valence-electron chi connectivity index (χ2n) is 6.07. The third kappa shape index (κ3) is 5.53. The number of carbonyl (C=O) groups excluding carboxylic acids is 2. The van der Waals surface area contributed by atoms with E-state index in [1.54, 1.807) is 18.2 Å². The number of rotatable bonds is 8. The SMILES string of the molecule is CCCNC(=O)c1ccccc1NC(=O)CN(c1ccccc1F)S(C)(=O)=O. The predicted octanol–water partition coefficient (Wildman–Crippen LogP) is 2.37. The van der Waals surface area contributed by atoms with Gasteiger partial charge in [0.25, 0.3) is 5.91 Å². The average Bonchev–Trinajstić information content (AvgIpc) is 2.64. The molecule has 0 bridgehead atoms. The van der Waals surface area contributed by atoms with Crippen molar-refractivity contribution in [3.8, 4) is 0 Å². The highest BCUT2D eigenvalue weighted by Crippen LogP contribution is 2.22. The molecule has 2 aromatic rings. The van der Waals surface area contributed by atoms with E-state index >= 15 is 0 Å². The normalized spacial score (nSPS) is 11.0. The van der Waals surface area contributed by atoms with E-state index in [-0.39, 0.29) is 22.8 Å². The topological polar surface area (TPSA) is 95.6 Å². The zero-order chi connectivity index (χ0) is 20.7. The van der Waals surface area contributed by atoms with Crippen molar-refractivity contribution in [1.82, 2.24) is 5.32 Å². The van der Waals surface area contributed by atoms with Crippen LogP contribution in [0.4, 0.5) is 15.8 Å². The lowest BCUT2D eigenvalue weighted by molar-refractivity contribution is -0.114. The quantitative estimate of drug-likeness (QED) is 0.702. The highest BCUT2D eigenvalue weighted by molar-refractivity contribution is 7.92. The number of hydrogen-bond donors (Lipinski definition) is 2. The molecule has 2 amide bonds. The minimum atomic E-state index is -3.91. The predicted molar refractivity (Wildman–Crippen MR) is 106 cm³/mol. The highest BCUT2D eigenvalue weighted by Gasteiger charge is 2.24. The molecule has 0 unspecified atom stereocenters. The number of hydrogen-bond acceptors (Lipinski definition) is 4. The maximum Gasteiger partial charge on any atom is 0.253 e. The van der Waals surface area contributed by atoms with Crippen LogP contribution in [0.25, 0.3) is 0 Å². The van der Waals surface area contributed by atoms with Crippen LogP contribution >= 0.6 is 0 Å². The number of halogens is 1. The van der Waals surface area contributed by atoms with Crippen molar-refractivity contribution in [1.29, 1.82) is 0 Å². The first-order valence-corrected chi connectivity index (χ1v) is 10.5. The summed E-state index contributed by atoms with van der Waals surface area (Å²) in [6.45, 7) is 1.76. The third-order valence-corrected chi connectivity index (χ3v) is 4.92. The van der Waals surface area contributed by atoms with E-state index < -0.39 is 28.3 Å². The Kier molecular flexibility index (Phi) is 7.11. The van der Waals surface area contributed by atoms with Gasteiger partial charge in [0.1, 0.15) is 12.4 Å². The van der Waals surface area contributed by atoms with Crippen molar-refractivity contribution < 1.29 is 22.4 Å². The molecule has 9 heteroatoms. The van der Waals surface area contributed by atoms with Crippen molar-refractivity contribution in [2.45, 2.75) is 13.3 Å². The zero-order valence-corrected chi connectivity index (χ0v) is 16.4. The molecule has 2 N–H and O–H groups in total. The summed E-state index contributed by atoms with van der Waals surface area (Å²) >= 11 is 0. The van der Waals surface area contributed by atoms with E-state index in [9.17, 15) is 22.4 Å². The minimum absolute atomic E-state index is 0.228. The second-order valence-corrected chi connectivity index (χ2v) is 7.98. The Morgan fingerprint density at radius 3 is 2.36 bits per heavy atom. The fourth-order valence-corrected chi connectivity index (χ4v) is 3.34. The Balaban J connectivity index is 2.23. The summed E-state index contributed by atoms with van der Waals surface area (Å²) in [5, 5.41) is 5.25. The molecular formula is C19H22FN3O4S. The van der Waals surface area contributed by atoms with Gasteiger partial charge in [0.05, 0.1) is 23.2 Å². The van der Waals surface area contributed by atoms with Gasteiger partial charge in [0, 0.05) is 6.54 Å². The molecule has 0 fully saturated rings. The monoisotopic (exact) mass is 407 g/mol. The van der Waals surface area contributed by atoms with Gasteiger partial charge >= 0.3 is 0 Å². The van der Waals surface area contributed by atoms with Crippen molar-refractivity contribution in [2.24, 2.45) is 0 Å². The molecule has 0 aliphatic rings. The molecule has 0 radical (unpaired) electrons. The Hall–Kier alpha value is -2.94. The van der Waals surface area contributed by atoms with Crippen LogP contribution in [0.3, 0.4) is 0 Å². The minimum Gasteiger partial charge on any atom is -0.352 e. The zero-order valence-electron chi connectivity index (χ0n) is 15.6. The lowest BCUT2D eigenvalue weighted by atomic mass is 10.1. The number of nitrogens with one attached hydrogen (secondary N) is 2. The molecule has 0 aliphatic heterocycles. The first-order chi connectivity index (χ1) is 13.2. The number of benzene rings is 2. The van der Waals surface area contributed by atoms with Crippen molar-refractivity contribution in [3.05, 3.63) is 59.9 Å². The molecule has 0 saturated heterocycles. The van der Waals surface area contributed by atoms with Crippen LogP contribution in [-0.4, -0.2) is 39.6 Å². The van der Waals surface area contributed by atoms with Gasteiger partial charge in [-0.1, -0.05) is 31.2 Å². The Morgan fingerprint density at radius 2 is 1.71 bits per heavy atom. The summed E-state index contributed by atoms with van der Waals surface area (Å²) in [6.07, 6.45) is 1.64. The van der Waals surface area contributed by atoms with E-state index in [2.05, 4.69) is 10.6 Å². The molecule has 2 rings (SSSR count). The molecular weight excluding hydrogens is 385 g/mol. The Bertz CT molecular complexity index is 963. The van der Waals surface area contributed by atoms with Crippen LogP contribution in [0.15, 0.2) is 48.5 Å². The summed E-state index contributed by atoms with van der Waals surface area (Å²) in [5.41, 5.74) is 0.262. The van der Waals surface area contributed by atoms with Crippen LogP contribution in [0.5, 0.6) is 0 Å². The lowest BCUT2D eigenvalue weighted by Crippen LogP contribution is -2.38. The van der Waals surface area contributed by atoms with Crippen LogP contribution in [0.1, 0.15) is 23.7 Å². The number of amides is 2. The van der Waals surface area contributed by atoms with Gasteiger partial charge in [-0.3, -0.25) is 13.9 Å². The van der Waals surface area contributed by atoms with Crippen LogP contribution in [0, 0.1) is 5.82 Å². The summed E-state index contributed by atoms with van der Waals surface area (Å²) in [6, 6.07) is 11.6. The lowest BCUT2D eigenvalue weighted by Gasteiger charge is -2.22. The maximum atomic E-state index is 14.0. The average molecular weight is 407 g/mol. The molecule has 28 heavy (non-hydrogen) atoms. The van der Waals surface area contributed by atoms with E-state index in [0.717, 1.165) is 18.7 Å². The standard InChI is InChI=1S/C19H22FN3O4S/c1-3-12-21-19(25)14-8-4-6-10-16(14)22-18(24)13-23(28(2,26)27)17-11-7-5-9-15(17)20/h4-11H,3,12-13H2,1-2H3,(H,21,25)(H,22,24). The smallest absolute Gasteiger partial charge is 0.253 e. The molecule has 2 aromatic carbocycles. The largest absolute Gasteiger partial charge is 0.352 e. The Morgan fingerprint density at radius 1 is 1.07 bits per heavy atom. The maximum absolute atomic E-state index is 14.0. The molecule has 0 heterocycles. The van der Waals surface area contributed by atoms with Gasteiger partial charge in [-0.15, -0.1) is 0 Å². The van der Waals surface area contributed by atoms with E-state index in [1.165, 1.54) is 24.3 Å². The van der Waals surface area contributed by atoms with Crippen LogP contribution in [-0.2, 0) is 14.8 Å². The van der Waals surface area contributed by atoms with Gasteiger partial charge in [-0.25, -0.2) is 12.8 Å². The molecule has 0 atom stereocenters. The summed E-state index contributed by atoms with van der Waals surface area (Å²) in [7, 11) is -3.91. The van der Waals surface area contributed by atoms with Crippen molar-refractivity contribution >= 4 is 33.2 Å². The molecule has 150 valence electrons. The van der Waals surface area contributed by atoms with E-state index in [4.69, 9.17) is 0 Å².